The standard InChI is InChI=1S/C19H29FN6O/c1-21-17-16(20)11-22-19(24-17)25-9-6-15(7-10-25)26-8-2-3-13(12-26)18(27)23-14-4-5-14/h11,13-15H,2-10,12H2,1H3,(H,23,27)(H,21,22,24). The van der Waals surface area contributed by atoms with Crippen LogP contribution in [0, 0.1) is 11.7 Å². The molecular weight excluding hydrogens is 347 g/mol. The molecule has 2 aliphatic heterocycles. The van der Waals surface area contributed by atoms with E-state index in [9.17, 15) is 9.18 Å². The van der Waals surface area contributed by atoms with E-state index in [1.54, 1.807) is 7.05 Å². The van der Waals surface area contributed by atoms with Crippen molar-refractivity contribution in [1.82, 2.24) is 20.2 Å². The highest BCUT2D eigenvalue weighted by Gasteiger charge is 2.34. The Labute approximate surface area is 159 Å². The molecule has 7 nitrogen and oxygen atoms in total. The molecule has 1 aromatic heterocycles. The lowest BCUT2D eigenvalue weighted by atomic mass is 9.93. The van der Waals surface area contributed by atoms with E-state index in [4.69, 9.17) is 0 Å². The Morgan fingerprint density at radius 2 is 1.96 bits per heavy atom. The van der Waals surface area contributed by atoms with Crippen LogP contribution < -0.4 is 15.5 Å². The molecule has 8 heteroatoms. The number of halogens is 1. The monoisotopic (exact) mass is 376 g/mol. The van der Waals surface area contributed by atoms with Gasteiger partial charge in [0, 0.05) is 38.8 Å². The average Bonchev–Trinajstić information content (AvgIpc) is 3.52. The first-order chi connectivity index (χ1) is 13.1. The Bertz CT molecular complexity index is 674. The lowest BCUT2D eigenvalue weighted by molar-refractivity contribution is -0.127. The first kappa shape index (κ1) is 18.4. The van der Waals surface area contributed by atoms with Gasteiger partial charge in [-0.1, -0.05) is 0 Å². The van der Waals surface area contributed by atoms with Crippen LogP contribution in [-0.4, -0.2) is 66.1 Å². The highest BCUT2D eigenvalue weighted by Crippen LogP contribution is 2.27. The summed E-state index contributed by atoms with van der Waals surface area (Å²) in [5.41, 5.74) is 0. The zero-order valence-electron chi connectivity index (χ0n) is 16.0. The van der Waals surface area contributed by atoms with Crippen molar-refractivity contribution in [3.63, 3.8) is 0 Å². The molecule has 2 saturated heterocycles. The fraction of sp³-hybridized carbons (Fsp3) is 0.737. The Kier molecular flexibility index (Phi) is 5.43. The summed E-state index contributed by atoms with van der Waals surface area (Å²) in [7, 11) is 1.66. The molecule has 1 saturated carbocycles. The highest BCUT2D eigenvalue weighted by atomic mass is 19.1. The van der Waals surface area contributed by atoms with Crippen molar-refractivity contribution in [2.45, 2.75) is 50.6 Å². The molecule has 2 N–H and O–H groups in total. The normalized spacial score (nSPS) is 24.7. The van der Waals surface area contributed by atoms with Gasteiger partial charge in [0.25, 0.3) is 0 Å². The number of anilines is 2. The SMILES string of the molecule is CNc1nc(N2CCC(N3CCCC(C(=O)NC4CC4)C3)CC2)ncc1F. The molecule has 1 atom stereocenters. The largest absolute Gasteiger partial charge is 0.371 e. The van der Waals surface area contributed by atoms with Gasteiger partial charge in [0.05, 0.1) is 12.1 Å². The number of carbonyl (C=O) groups is 1. The molecule has 0 bridgehead atoms. The van der Waals surface area contributed by atoms with E-state index in [-0.39, 0.29) is 17.6 Å². The number of rotatable bonds is 5. The molecule has 148 valence electrons. The van der Waals surface area contributed by atoms with Gasteiger partial charge in [0.2, 0.25) is 11.9 Å². The van der Waals surface area contributed by atoms with Crippen molar-refractivity contribution in [1.29, 1.82) is 0 Å². The van der Waals surface area contributed by atoms with E-state index in [2.05, 4.69) is 30.4 Å². The van der Waals surface area contributed by atoms with Gasteiger partial charge in [-0.05, 0) is 45.1 Å². The summed E-state index contributed by atoms with van der Waals surface area (Å²) in [6, 6.07) is 0.941. The Morgan fingerprint density at radius 1 is 1.19 bits per heavy atom. The third kappa shape index (κ3) is 4.31. The second-order valence-electron chi connectivity index (χ2n) is 7.95. The first-order valence-corrected chi connectivity index (χ1v) is 10.1. The summed E-state index contributed by atoms with van der Waals surface area (Å²) in [6.07, 6.45) is 7.65. The predicted molar refractivity (Wildman–Crippen MR) is 102 cm³/mol. The maximum atomic E-state index is 13.6. The fourth-order valence-electron chi connectivity index (χ4n) is 4.22. The van der Waals surface area contributed by atoms with Gasteiger partial charge in [-0.2, -0.15) is 4.98 Å². The van der Waals surface area contributed by atoms with Gasteiger partial charge in [-0.3, -0.25) is 9.69 Å². The minimum atomic E-state index is -0.431. The maximum absolute atomic E-state index is 13.6. The van der Waals surface area contributed by atoms with Gasteiger partial charge in [-0.15, -0.1) is 0 Å². The molecule has 3 heterocycles. The van der Waals surface area contributed by atoms with Crippen molar-refractivity contribution < 1.29 is 9.18 Å². The van der Waals surface area contributed by atoms with Crippen LogP contribution in [-0.2, 0) is 4.79 Å². The van der Waals surface area contributed by atoms with Crippen LogP contribution in [0.3, 0.4) is 0 Å². The number of nitrogens with one attached hydrogen (secondary N) is 2. The van der Waals surface area contributed by atoms with Crippen LogP contribution >= 0.6 is 0 Å². The van der Waals surface area contributed by atoms with Crippen LogP contribution in [0.5, 0.6) is 0 Å². The van der Waals surface area contributed by atoms with Crippen molar-refractivity contribution in [3.05, 3.63) is 12.0 Å². The molecule has 1 aliphatic carbocycles. The number of amides is 1. The van der Waals surface area contributed by atoms with E-state index in [0.717, 1.165) is 64.7 Å². The van der Waals surface area contributed by atoms with Gasteiger partial charge in [-0.25, -0.2) is 9.37 Å². The molecule has 0 radical (unpaired) electrons. The molecule has 1 amide bonds. The van der Waals surface area contributed by atoms with Crippen molar-refractivity contribution >= 4 is 17.7 Å². The van der Waals surface area contributed by atoms with E-state index >= 15 is 0 Å². The quantitative estimate of drug-likeness (QED) is 0.814. The summed E-state index contributed by atoms with van der Waals surface area (Å²) >= 11 is 0. The molecule has 0 aromatic carbocycles. The molecular formula is C19H29FN6O. The fourth-order valence-corrected chi connectivity index (χ4v) is 4.22. The van der Waals surface area contributed by atoms with Crippen LogP contribution in [0.1, 0.15) is 38.5 Å². The summed E-state index contributed by atoms with van der Waals surface area (Å²) in [6.45, 7) is 3.67. The lowest BCUT2D eigenvalue weighted by Gasteiger charge is -2.42. The number of aromatic nitrogens is 2. The average molecular weight is 376 g/mol. The zero-order chi connectivity index (χ0) is 18.8. The van der Waals surface area contributed by atoms with E-state index < -0.39 is 5.82 Å². The van der Waals surface area contributed by atoms with Gasteiger partial charge in [0.1, 0.15) is 0 Å². The molecule has 0 spiro atoms. The molecule has 1 aromatic rings. The molecule has 3 fully saturated rings. The minimum Gasteiger partial charge on any atom is -0.371 e. The van der Waals surface area contributed by atoms with E-state index in [1.165, 1.54) is 6.20 Å². The second kappa shape index (κ2) is 7.96. The summed E-state index contributed by atoms with van der Waals surface area (Å²) in [5, 5.41) is 5.93. The minimum absolute atomic E-state index is 0.135. The number of hydrogen-bond acceptors (Lipinski definition) is 6. The summed E-state index contributed by atoms with van der Waals surface area (Å²) in [4.78, 5) is 25.5. The van der Waals surface area contributed by atoms with Crippen molar-refractivity contribution in [2.75, 3.05) is 43.4 Å². The maximum Gasteiger partial charge on any atom is 0.227 e. The van der Waals surface area contributed by atoms with Crippen LogP contribution in [0.4, 0.5) is 16.2 Å². The predicted octanol–water partition coefficient (Wildman–Crippen LogP) is 1.62. The van der Waals surface area contributed by atoms with Gasteiger partial charge in [0.15, 0.2) is 11.6 Å². The Morgan fingerprint density at radius 3 is 2.67 bits per heavy atom. The number of carbonyl (C=O) groups excluding carboxylic acids is 1. The van der Waals surface area contributed by atoms with Gasteiger partial charge >= 0.3 is 0 Å². The van der Waals surface area contributed by atoms with Crippen molar-refractivity contribution in [3.8, 4) is 0 Å². The molecule has 1 unspecified atom stereocenters. The summed E-state index contributed by atoms with van der Waals surface area (Å²) < 4.78 is 13.6. The zero-order valence-corrected chi connectivity index (χ0v) is 16.0. The summed E-state index contributed by atoms with van der Waals surface area (Å²) in [5.74, 6) is 0.775. The number of nitrogens with zero attached hydrogens (tertiary/aromatic N) is 4. The number of hydrogen-bond donors (Lipinski definition) is 2. The van der Waals surface area contributed by atoms with Gasteiger partial charge < -0.3 is 15.5 Å². The van der Waals surface area contributed by atoms with E-state index in [1.807, 2.05) is 0 Å². The third-order valence-corrected chi connectivity index (χ3v) is 5.98. The Hall–Kier alpha value is -1.96. The smallest absolute Gasteiger partial charge is 0.227 e. The van der Waals surface area contributed by atoms with Crippen LogP contribution in [0.25, 0.3) is 0 Å². The third-order valence-electron chi connectivity index (χ3n) is 5.98. The molecule has 3 aliphatic rings. The first-order valence-electron chi connectivity index (χ1n) is 10.1. The molecule has 4 rings (SSSR count). The van der Waals surface area contributed by atoms with Crippen LogP contribution in [0.15, 0.2) is 6.20 Å². The number of piperidine rings is 2. The topological polar surface area (TPSA) is 73.4 Å². The Balaban J connectivity index is 1.31. The van der Waals surface area contributed by atoms with Crippen LogP contribution in [0.2, 0.25) is 0 Å². The number of likely N-dealkylation sites (tertiary alicyclic amines) is 1. The molecule has 27 heavy (non-hydrogen) atoms. The van der Waals surface area contributed by atoms with E-state index in [0.29, 0.717) is 18.0 Å². The van der Waals surface area contributed by atoms with Crippen molar-refractivity contribution in [2.24, 2.45) is 5.92 Å². The highest BCUT2D eigenvalue weighted by molar-refractivity contribution is 5.79. The second-order valence-corrected chi connectivity index (χ2v) is 7.95. The lowest BCUT2D eigenvalue weighted by Crippen LogP contribution is -2.51.